The van der Waals surface area contributed by atoms with Crippen LogP contribution < -0.4 is 0 Å². The summed E-state index contributed by atoms with van der Waals surface area (Å²) in [5.41, 5.74) is 0. The lowest BCUT2D eigenvalue weighted by molar-refractivity contribution is 0.206. The molecule has 1 heterocycles. The second kappa shape index (κ2) is 5.86. The SMILES string of the molecule is CCOC1=CB(C2CCCC2)C2\C=C/C=C\C=C/C12. The molecule has 0 N–H and O–H groups in total. The molecule has 1 aliphatic heterocycles. The van der Waals surface area contributed by atoms with Gasteiger partial charge in [-0.05, 0) is 12.7 Å². The third-order valence-electron chi connectivity index (χ3n) is 4.78. The number of hydrogen-bond donors (Lipinski definition) is 0. The van der Waals surface area contributed by atoms with Crippen LogP contribution in [-0.2, 0) is 4.74 Å². The summed E-state index contributed by atoms with van der Waals surface area (Å²) in [6.07, 6.45) is 19.0. The molecule has 0 aromatic carbocycles. The fourth-order valence-corrected chi connectivity index (χ4v) is 3.92. The third-order valence-corrected chi connectivity index (χ3v) is 4.78. The van der Waals surface area contributed by atoms with Crippen LogP contribution in [0.4, 0.5) is 0 Å². The van der Waals surface area contributed by atoms with E-state index in [-0.39, 0.29) is 0 Å². The second-order valence-corrected chi connectivity index (χ2v) is 5.88. The van der Waals surface area contributed by atoms with Gasteiger partial charge in [0.1, 0.15) is 0 Å². The van der Waals surface area contributed by atoms with E-state index in [0.717, 1.165) is 12.4 Å². The minimum Gasteiger partial charge on any atom is -0.499 e. The van der Waals surface area contributed by atoms with Crippen molar-refractivity contribution in [3.8, 4) is 0 Å². The van der Waals surface area contributed by atoms with Crippen LogP contribution in [0, 0.1) is 5.92 Å². The van der Waals surface area contributed by atoms with Crippen LogP contribution in [0.25, 0.3) is 0 Å². The topological polar surface area (TPSA) is 9.23 Å². The highest BCUT2D eigenvalue weighted by Crippen LogP contribution is 2.47. The Bertz CT molecular complexity index is 427. The fraction of sp³-hybridized carbons (Fsp3) is 0.529. The Morgan fingerprint density at radius 1 is 1.11 bits per heavy atom. The zero-order chi connectivity index (χ0) is 13.1. The van der Waals surface area contributed by atoms with E-state index in [9.17, 15) is 0 Å². The van der Waals surface area contributed by atoms with Gasteiger partial charge in [-0.15, -0.1) is 0 Å². The molecule has 3 rings (SSSR count). The van der Waals surface area contributed by atoms with Gasteiger partial charge in [0.25, 0.3) is 0 Å². The molecule has 100 valence electrons. The van der Waals surface area contributed by atoms with Gasteiger partial charge in [-0.2, -0.15) is 0 Å². The van der Waals surface area contributed by atoms with Crippen molar-refractivity contribution in [2.24, 2.45) is 5.92 Å². The molecule has 19 heavy (non-hydrogen) atoms. The summed E-state index contributed by atoms with van der Waals surface area (Å²) in [6, 6.07) is 0. The van der Waals surface area contributed by atoms with Gasteiger partial charge < -0.3 is 4.74 Å². The largest absolute Gasteiger partial charge is 0.499 e. The molecule has 1 fully saturated rings. The standard InChI is InChI=1S/C17H23BO/c1-2-19-17-13-18(14-9-7-8-10-14)16-12-6-4-3-5-11-15(16)17/h3-6,11-16H,2,7-10H2,1H3/b4-3-,11-5-,12-6-. The van der Waals surface area contributed by atoms with Crippen molar-refractivity contribution in [2.75, 3.05) is 6.61 Å². The van der Waals surface area contributed by atoms with Crippen molar-refractivity contribution in [2.45, 2.75) is 44.2 Å². The first-order valence-electron chi connectivity index (χ1n) is 7.76. The Labute approximate surface area is 117 Å². The maximum atomic E-state index is 5.91. The molecular weight excluding hydrogens is 231 g/mol. The first-order chi connectivity index (χ1) is 9.40. The maximum absolute atomic E-state index is 5.91. The van der Waals surface area contributed by atoms with Gasteiger partial charge in [-0.1, -0.05) is 73.9 Å². The van der Waals surface area contributed by atoms with E-state index >= 15 is 0 Å². The summed E-state index contributed by atoms with van der Waals surface area (Å²) in [4.78, 5) is 0. The highest BCUT2D eigenvalue weighted by Gasteiger charge is 2.42. The molecule has 0 spiro atoms. The molecule has 0 amide bonds. The van der Waals surface area contributed by atoms with Crippen LogP contribution in [0.1, 0.15) is 32.6 Å². The molecular formula is C17H23BO. The number of rotatable bonds is 3. The Morgan fingerprint density at radius 3 is 2.58 bits per heavy atom. The lowest BCUT2D eigenvalue weighted by Crippen LogP contribution is -2.22. The van der Waals surface area contributed by atoms with Gasteiger partial charge >= 0.3 is 0 Å². The van der Waals surface area contributed by atoms with Gasteiger partial charge in [0.15, 0.2) is 6.71 Å². The van der Waals surface area contributed by atoms with Gasteiger partial charge in [-0.3, -0.25) is 0 Å². The third kappa shape index (κ3) is 2.58. The van der Waals surface area contributed by atoms with Crippen molar-refractivity contribution in [3.05, 3.63) is 48.2 Å². The van der Waals surface area contributed by atoms with Crippen LogP contribution in [0.2, 0.25) is 11.6 Å². The van der Waals surface area contributed by atoms with Gasteiger partial charge in [0.05, 0.1) is 12.4 Å². The predicted octanol–water partition coefficient (Wildman–Crippen LogP) is 4.57. The molecule has 0 saturated heterocycles. The van der Waals surface area contributed by atoms with Gasteiger partial charge in [0, 0.05) is 5.92 Å². The molecule has 0 aromatic rings. The van der Waals surface area contributed by atoms with E-state index in [1.807, 2.05) is 0 Å². The summed E-state index contributed by atoms with van der Waals surface area (Å²) in [7, 11) is 0. The number of fused-ring (bicyclic) bond motifs is 1. The Hall–Kier alpha value is -1.18. The summed E-state index contributed by atoms with van der Waals surface area (Å²) in [5, 5.41) is 0. The molecule has 2 unspecified atom stereocenters. The molecule has 1 saturated carbocycles. The lowest BCUT2D eigenvalue weighted by Gasteiger charge is -2.23. The summed E-state index contributed by atoms with van der Waals surface area (Å²) < 4.78 is 5.91. The molecule has 0 aromatic heterocycles. The van der Waals surface area contributed by atoms with E-state index in [0.29, 0.717) is 18.4 Å². The molecule has 1 nitrogen and oxygen atoms in total. The van der Waals surface area contributed by atoms with Crippen LogP contribution in [0.3, 0.4) is 0 Å². The average molecular weight is 254 g/mol. The molecule has 0 bridgehead atoms. The van der Waals surface area contributed by atoms with Crippen molar-refractivity contribution in [1.82, 2.24) is 0 Å². The van der Waals surface area contributed by atoms with Crippen molar-refractivity contribution in [1.29, 1.82) is 0 Å². The highest BCUT2D eigenvalue weighted by molar-refractivity contribution is 6.69. The maximum Gasteiger partial charge on any atom is 0.182 e. The summed E-state index contributed by atoms with van der Waals surface area (Å²) in [6.45, 7) is 3.54. The number of ether oxygens (including phenoxy) is 1. The van der Waals surface area contributed by atoms with Crippen LogP contribution in [-0.4, -0.2) is 13.3 Å². The minimum absolute atomic E-state index is 0.451. The molecule has 2 heteroatoms. The highest BCUT2D eigenvalue weighted by atomic mass is 16.5. The van der Waals surface area contributed by atoms with E-state index in [4.69, 9.17) is 4.74 Å². The second-order valence-electron chi connectivity index (χ2n) is 5.88. The van der Waals surface area contributed by atoms with Crippen LogP contribution in [0.5, 0.6) is 0 Å². The van der Waals surface area contributed by atoms with E-state index < -0.39 is 0 Å². The zero-order valence-corrected chi connectivity index (χ0v) is 11.8. The van der Waals surface area contributed by atoms with Crippen LogP contribution in [0.15, 0.2) is 48.2 Å². The van der Waals surface area contributed by atoms with Crippen molar-refractivity contribution in [3.63, 3.8) is 0 Å². The molecule has 2 aliphatic carbocycles. The lowest BCUT2D eigenvalue weighted by atomic mass is 9.34. The monoisotopic (exact) mass is 254 g/mol. The normalized spacial score (nSPS) is 35.2. The minimum atomic E-state index is 0.451. The zero-order valence-electron chi connectivity index (χ0n) is 11.8. The number of hydrogen-bond acceptors (Lipinski definition) is 1. The summed E-state index contributed by atoms with van der Waals surface area (Å²) >= 11 is 0. The molecule has 3 aliphatic rings. The van der Waals surface area contributed by atoms with E-state index in [1.54, 1.807) is 0 Å². The van der Waals surface area contributed by atoms with E-state index in [2.05, 4.69) is 49.4 Å². The first-order valence-corrected chi connectivity index (χ1v) is 7.76. The van der Waals surface area contributed by atoms with Crippen LogP contribution >= 0.6 is 0 Å². The fourth-order valence-electron chi connectivity index (χ4n) is 3.92. The predicted molar refractivity (Wildman–Crippen MR) is 82.3 cm³/mol. The molecule has 2 atom stereocenters. The Kier molecular flexibility index (Phi) is 3.96. The smallest absolute Gasteiger partial charge is 0.182 e. The first kappa shape index (κ1) is 12.8. The van der Waals surface area contributed by atoms with Crippen molar-refractivity contribution < 1.29 is 4.74 Å². The average Bonchev–Trinajstić information content (AvgIpc) is 2.98. The quantitative estimate of drug-likeness (QED) is 0.670. The molecule has 0 radical (unpaired) electrons. The Morgan fingerprint density at radius 2 is 1.84 bits per heavy atom. The summed E-state index contributed by atoms with van der Waals surface area (Å²) in [5.74, 6) is 5.57. The number of allylic oxidation sites excluding steroid dienone is 6. The van der Waals surface area contributed by atoms with Gasteiger partial charge in [0.2, 0.25) is 0 Å². The Balaban J connectivity index is 1.88. The van der Waals surface area contributed by atoms with Crippen molar-refractivity contribution >= 4 is 6.71 Å². The van der Waals surface area contributed by atoms with E-state index in [1.165, 1.54) is 31.4 Å². The van der Waals surface area contributed by atoms with Gasteiger partial charge in [-0.25, -0.2) is 0 Å².